The number of fused-ring (bicyclic) bond motifs is 3. The SMILES string of the molecule is O=C(Nc1ccc(F)cc1)C1(C(=O)Nc2ccc(Oc3ccnc4cc(OCCCN5CCOCC5)c5c(c34)OCCO5)cc2Cl)CC1. The fourth-order valence-electron chi connectivity index (χ4n) is 5.76. The van der Waals surface area contributed by atoms with Crippen molar-refractivity contribution in [2.75, 3.05) is 63.3 Å². The number of aromatic nitrogens is 1. The second-order valence-electron chi connectivity index (χ2n) is 11.8. The molecule has 2 amide bonds. The standard InChI is InChI=1S/C35H34ClFN4O7/c36-25-20-24(6-7-26(25)40-34(43)35(9-10-35)33(42)39-23-4-2-22(37)3-5-23)48-28-8-11-38-27-21-29(31-32(30(27)28)47-19-18-46-31)45-15-1-12-41-13-16-44-17-14-41/h2-8,11,20-21H,1,9-10,12-19H2,(H,39,42)(H,40,43). The predicted octanol–water partition coefficient (Wildman–Crippen LogP) is 6.05. The van der Waals surface area contributed by atoms with Crippen LogP contribution in [0.3, 0.4) is 0 Å². The fraction of sp³-hybridized carbons (Fsp3) is 0.343. The van der Waals surface area contributed by atoms with E-state index in [-0.39, 0.29) is 5.02 Å². The van der Waals surface area contributed by atoms with E-state index >= 15 is 0 Å². The van der Waals surface area contributed by atoms with Crippen molar-refractivity contribution in [3.8, 4) is 28.7 Å². The van der Waals surface area contributed by atoms with E-state index in [1.807, 2.05) is 6.07 Å². The van der Waals surface area contributed by atoms with Crippen LogP contribution >= 0.6 is 11.6 Å². The number of pyridine rings is 1. The Hall–Kier alpha value is -4.65. The molecule has 3 heterocycles. The van der Waals surface area contributed by atoms with Gasteiger partial charge in [0.15, 0.2) is 11.5 Å². The van der Waals surface area contributed by atoms with E-state index < -0.39 is 23.0 Å². The highest BCUT2D eigenvalue weighted by molar-refractivity contribution is 6.34. The molecular formula is C35H34ClFN4O7. The third-order valence-corrected chi connectivity index (χ3v) is 8.87. The Balaban J connectivity index is 1.04. The number of ether oxygens (including phenoxy) is 5. The van der Waals surface area contributed by atoms with E-state index in [1.54, 1.807) is 30.5 Å². The highest BCUT2D eigenvalue weighted by atomic mass is 35.5. The normalized spacial score (nSPS) is 16.6. The highest BCUT2D eigenvalue weighted by Crippen LogP contribution is 2.50. The number of hydrogen-bond donors (Lipinski definition) is 2. The minimum absolute atomic E-state index is 0.225. The van der Waals surface area contributed by atoms with Crippen molar-refractivity contribution < 1.29 is 37.7 Å². The molecule has 0 bridgehead atoms. The molecule has 0 atom stereocenters. The van der Waals surface area contributed by atoms with E-state index in [4.69, 9.17) is 35.3 Å². The summed E-state index contributed by atoms with van der Waals surface area (Å²) in [7, 11) is 0. The molecule has 4 aromatic rings. The van der Waals surface area contributed by atoms with Gasteiger partial charge >= 0.3 is 0 Å². The summed E-state index contributed by atoms with van der Waals surface area (Å²) >= 11 is 6.59. The van der Waals surface area contributed by atoms with Crippen molar-refractivity contribution in [2.45, 2.75) is 19.3 Å². The molecule has 3 aromatic carbocycles. The summed E-state index contributed by atoms with van der Waals surface area (Å²) in [5.41, 5.74) is 0.127. The van der Waals surface area contributed by atoms with Crippen LogP contribution in [0.5, 0.6) is 28.7 Å². The van der Waals surface area contributed by atoms with Crippen LogP contribution in [0.4, 0.5) is 15.8 Å². The van der Waals surface area contributed by atoms with Crippen molar-refractivity contribution >= 4 is 45.7 Å². The quantitative estimate of drug-likeness (QED) is 0.145. The average Bonchev–Trinajstić information content (AvgIpc) is 3.92. The number of rotatable bonds is 11. The minimum atomic E-state index is -1.23. The zero-order valence-electron chi connectivity index (χ0n) is 26.1. The Morgan fingerprint density at radius 2 is 1.67 bits per heavy atom. The van der Waals surface area contributed by atoms with Crippen molar-refractivity contribution in [3.63, 3.8) is 0 Å². The van der Waals surface area contributed by atoms with E-state index in [0.717, 1.165) is 39.3 Å². The van der Waals surface area contributed by atoms with Crippen molar-refractivity contribution in [3.05, 3.63) is 71.6 Å². The van der Waals surface area contributed by atoms with Gasteiger partial charge in [-0.3, -0.25) is 19.5 Å². The van der Waals surface area contributed by atoms with Crippen LogP contribution in [0, 0.1) is 11.2 Å². The molecule has 0 spiro atoms. The number of carbonyl (C=O) groups is 2. The lowest BCUT2D eigenvalue weighted by Crippen LogP contribution is -2.37. The molecule has 2 aliphatic heterocycles. The van der Waals surface area contributed by atoms with Gasteiger partial charge in [0.05, 0.1) is 41.4 Å². The van der Waals surface area contributed by atoms with E-state index in [1.165, 1.54) is 24.3 Å². The summed E-state index contributed by atoms with van der Waals surface area (Å²) in [5, 5.41) is 6.33. The molecule has 48 heavy (non-hydrogen) atoms. The van der Waals surface area contributed by atoms with Crippen LogP contribution in [0.25, 0.3) is 10.9 Å². The topological polar surface area (TPSA) is 120 Å². The molecule has 1 saturated heterocycles. The lowest BCUT2D eigenvalue weighted by atomic mass is 10.0. The van der Waals surface area contributed by atoms with Gasteiger partial charge in [-0.1, -0.05) is 11.6 Å². The number of halogens is 2. The molecule has 0 radical (unpaired) electrons. The van der Waals surface area contributed by atoms with Gasteiger partial charge in [-0.05, 0) is 61.7 Å². The molecule has 1 aromatic heterocycles. The maximum atomic E-state index is 13.3. The van der Waals surface area contributed by atoms with Crippen LogP contribution in [-0.2, 0) is 14.3 Å². The third kappa shape index (κ3) is 6.82. The first-order chi connectivity index (χ1) is 23.4. The van der Waals surface area contributed by atoms with Crippen molar-refractivity contribution in [1.82, 2.24) is 9.88 Å². The highest BCUT2D eigenvalue weighted by Gasteiger charge is 2.56. The van der Waals surface area contributed by atoms with E-state index in [2.05, 4.69) is 20.5 Å². The van der Waals surface area contributed by atoms with Gasteiger partial charge < -0.3 is 34.3 Å². The summed E-state index contributed by atoms with van der Waals surface area (Å²) in [4.78, 5) is 33.1. The Bertz CT molecular complexity index is 1830. The molecule has 0 unspecified atom stereocenters. The third-order valence-electron chi connectivity index (χ3n) is 8.56. The Morgan fingerprint density at radius 1 is 0.917 bits per heavy atom. The first-order valence-electron chi connectivity index (χ1n) is 15.9. The lowest BCUT2D eigenvalue weighted by Gasteiger charge is -2.26. The van der Waals surface area contributed by atoms with Gasteiger partial charge in [0.1, 0.15) is 35.9 Å². The molecule has 11 nitrogen and oxygen atoms in total. The fourth-order valence-corrected chi connectivity index (χ4v) is 5.97. The van der Waals surface area contributed by atoms with Gasteiger partial charge in [-0.15, -0.1) is 0 Å². The molecule has 2 N–H and O–H groups in total. The first kappa shape index (κ1) is 31.9. The van der Waals surface area contributed by atoms with Crippen LogP contribution in [0.15, 0.2) is 60.8 Å². The Morgan fingerprint density at radius 3 is 2.42 bits per heavy atom. The first-order valence-corrected chi connectivity index (χ1v) is 16.3. The molecule has 2 fully saturated rings. The molecule has 13 heteroatoms. The van der Waals surface area contributed by atoms with Gasteiger partial charge in [0, 0.05) is 43.7 Å². The molecule has 7 rings (SSSR count). The number of anilines is 2. The van der Waals surface area contributed by atoms with Gasteiger partial charge in [0.25, 0.3) is 0 Å². The lowest BCUT2D eigenvalue weighted by molar-refractivity contribution is -0.131. The minimum Gasteiger partial charge on any atom is -0.489 e. The van der Waals surface area contributed by atoms with Crippen LogP contribution in [-0.4, -0.2) is 74.4 Å². The summed E-state index contributed by atoms with van der Waals surface area (Å²) in [6, 6.07) is 13.8. The van der Waals surface area contributed by atoms with Crippen LogP contribution < -0.4 is 29.6 Å². The summed E-state index contributed by atoms with van der Waals surface area (Å²) < 4.78 is 43.2. The Kier molecular flexibility index (Phi) is 9.20. The predicted molar refractivity (Wildman–Crippen MR) is 177 cm³/mol. The second kappa shape index (κ2) is 13.8. The molecule has 1 saturated carbocycles. The number of hydrogen-bond acceptors (Lipinski definition) is 9. The number of amides is 2. The zero-order valence-corrected chi connectivity index (χ0v) is 26.8. The van der Waals surface area contributed by atoms with Crippen LogP contribution in [0.1, 0.15) is 19.3 Å². The summed E-state index contributed by atoms with van der Waals surface area (Å²) in [6.45, 7) is 5.55. The number of nitrogens with one attached hydrogen (secondary N) is 2. The number of nitrogens with zero attached hydrogens (tertiary/aromatic N) is 2. The van der Waals surface area contributed by atoms with Gasteiger partial charge in [0.2, 0.25) is 17.6 Å². The van der Waals surface area contributed by atoms with E-state index in [9.17, 15) is 14.0 Å². The molecule has 250 valence electrons. The maximum Gasteiger partial charge on any atom is 0.240 e. The molecule has 3 aliphatic rings. The van der Waals surface area contributed by atoms with Crippen molar-refractivity contribution in [1.29, 1.82) is 0 Å². The summed E-state index contributed by atoms with van der Waals surface area (Å²) in [5.74, 6) is 1.10. The average molecular weight is 677 g/mol. The molecular weight excluding hydrogens is 643 g/mol. The molecule has 1 aliphatic carbocycles. The van der Waals surface area contributed by atoms with Crippen LogP contribution in [0.2, 0.25) is 5.02 Å². The Labute approximate surface area is 281 Å². The number of carbonyl (C=O) groups excluding carboxylic acids is 2. The smallest absolute Gasteiger partial charge is 0.240 e. The zero-order chi connectivity index (χ0) is 33.1. The monoisotopic (exact) mass is 676 g/mol. The maximum absolute atomic E-state index is 13.3. The second-order valence-corrected chi connectivity index (χ2v) is 12.2. The van der Waals surface area contributed by atoms with Gasteiger partial charge in [-0.2, -0.15) is 0 Å². The number of benzene rings is 3. The van der Waals surface area contributed by atoms with Crippen molar-refractivity contribution in [2.24, 2.45) is 5.41 Å². The van der Waals surface area contributed by atoms with E-state index in [0.29, 0.717) is 83.7 Å². The largest absolute Gasteiger partial charge is 0.489 e. The number of morpholine rings is 1. The van der Waals surface area contributed by atoms with Gasteiger partial charge in [-0.25, -0.2) is 4.39 Å². The summed E-state index contributed by atoms with van der Waals surface area (Å²) in [6.07, 6.45) is 3.26.